The van der Waals surface area contributed by atoms with E-state index in [4.69, 9.17) is 10.5 Å². The number of benzene rings is 4. The van der Waals surface area contributed by atoms with Crippen molar-refractivity contribution in [3.05, 3.63) is 129 Å². The molecule has 43 heavy (non-hydrogen) atoms. The summed E-state index contributed by atoms with van der Waals surface area (Å²) in [5, 5.41) is 17.0. The number of ether oxygens (including phenoxy) is 2. The Hall–Kier alpha value is -5.10. The van der Waals surface area contributed by atoms with E-state index in [1.54, 1.807) is 6.92 Å². The fraction of sp³-hybridized carbons (Fsp3) is 0.161. The summed E-state index contributed by atoms with van der Waals surface area (Å²) >= 11 is 0. The van der Waals surface area contributed by atoms with Gasteiger partial charge in [0.2, 0.25) is 0 Å². The molecule has 0 saturated heterocycles. The summed E-state index contributed by atoms with van der Waals surface area (Å²) in [5.74, 6) is -6.42. The van der Waals surface area contributed by atoms with E-state index in [2.05, 4.69) is 9.47 Å². The second-order valence-corrected chi connectivity index (χ2v) is 8.90. The summed E-state index contributed by atoms with van der Waals surface area (Å²) in [5.41, 5.74) is -0.919. The van der Waals surface area contributed by atoms with Crippen molar-refractivity contribution in [2.75, 3.05) is 0 Å². The largest absolute Gasteiger partial charge is 0.429 e. The van der Waals surface area contributed by atoms with Crippen LogP contribution in [-0.4, -0.2) is 0 Å². The molecule has 0 aliphatic carbocycles. The van der Waals surface area contributed by atoms with Crippen LogP contribution < -0.4 is 9.47 Å². The summed E-state index contributed by atoms with van der Waals surface area (Å²) in [6, 6.07) is 15.5. The van der Waals surface area contributed by atoms with Crippen LogP contribution >= 0.6 is 0 Å². The highest BCUT2D eigenvalue weighted by Crippen LogP contribution is 2.34. The Morgan fingerprint density at radius 2 is 0.930 bits per heavy atom. The number of alkyl halides is 4. The minimum Gasteiger partial charge on any atom is -0.429 e. The molecule has 0 spiro atoms. The third kappa shape index (κ3) is 8.01. The molecule has 4 aromatic rings. The van der Waals surface area contributed by atoms with Crippen LogP contribution in [0.25, 0.3) is 0 Å². The second-order valence-electron chi connectivity index (χ2n) is 8.90. The van der Waals surface area contributed by atoms with Crippen LogP contribution in [0.15, 0.2) is 72.8 Å². The number of nitrogens with zero attached hydrogens (tertiary/aromatic N) is 2. The maximum Gasteiger partial charge on any atom is 0.426 e. The lowest BCUT2D eigenvalue weighted by Crippen LogP contribution is -2.22. The van der Waals surface area contributed by atoms with Crippen molar-refractivity contribution in [2.45, 2.75) is 32.5 Å². The number of hydrogen-bond acceptors (Lipinski definition) is 4. The normalized spacial score (nSPS) is 11.1. The molecule has 4 aromatic carbocycles. The standard InChI is InChI=1S/C16H11F4NO.C15H9F4NO/c1-2-10-3-5-11(6-4-10)16(19,20)22-12-7-14(17)13(9-21)15(18)8-12;1-9-2-4-10(5-3-9)15(18,19)21-11-6-13(16)12(8-20)14(17)7-11/h3-8H,2H2,1H3;2-7H,1H3. The van der Waals surface area contributed by atoms with E-state index in [9.17, 15) is 35.1 Å². The van der Waals surface area contributed by atoms with Gasteiger partial charge >= 0.3 is 12.2 Å². The molecule has 0 fully saturated rings. The van der Waals surface area contributed by atoms with Gasteiger partial charge in [0, 0.05) is 24.3 Å². The molecule has 0 heterocycles. The summed E-state index contributed by atoms with van der Waals surface area (Å²) in [7, 11) is 0. The van der Waals surface area contributed by atoms with Crippen LogP contribution in [0.2, 0.25) is 0 Å². The molecule has 0 bridgehead atoms. The molecule has 0 radical (unpaired) electrons. The number of halogens is 8. The molecule has 4 rings (SSSR count). The van der Waals surface area contributed by atoms with Crippen molar-refractivity contribution in [3.8, 4) is 23.6 Å². The lowest BCUT2D eigenvalue weighted by molar-refractivity contribution is -0.186. The highest BCUT2D eigenvalue weighted by Gasteiger charge is 2.36. The van der Waals surface area contributed by atoms with Gasteiger partial charge in [-0.05, 0) is 43.2 Å². The van der Waals surface area contributed by atoms with Crippen LogP contribution in [0, 0.1) is 52.9 Å². The number of nitriles is 2. The lowest BCUT2D eigenvalue weighted by Gasteiger charge is -2.18. The molecular weight excluding hydrogens is 584 g/mol. The topological polar surface area (TPSA) is 66.0 Å². The molecule has 0 aliphatic heterocycles. The Labute approximate surface area is 240 Å². The van der Waals surface area contributed by atoms with Crippen LogP contribution in [0.1, 0.15) is 40.3 Å². The average Bonchev–Trinajstić information content (AvgIpc) is 2.93. The van der Waals surface area contributed by atoms with Gasteiger partial charge in [0.15, 0.2) is 0 Å². The number of rotatable bonds is 7. The van der Waals surface area contributed by atoms with E-state index >= 15 is 0 Å². The fourth-order valence-corrected chi connectivity index (χ4v) is 3.53. The molecule has 0 amide bonds. The first kappa shape index (κ1) is 32.4. The van der Waals surface area contributed by atoms with Gasteiger partial charge in [0.25, 0.3) is 0 Å². The van der Waals surface area contributed by atoms with Crippen LogP contribution in [-0.2, 0) is 18.6 Å². The van der Waals surface area contributed by atoms with E-state index in [1.807, 2.05) is 6.92 Å². The number of aryl methyl sites for hydroxylation is 2. The third-order valence-electron chi connectivity index (χ3n) is 5.83. The second kappa shape index (κ2) is 13.3. The molecule has 0 N–H and O–H groups in total. The predicted octanol–water partition coefficient (Wildman–Crippen LogP) is 8.80. The average molecular weight is 604 g/mol. The molecular formula is C31H20F8N2O2. The maximum atomic E-state index is 14.0. The Morgan fingerprint density at radius 1 is 0.605 bits per heavy atom. The smallest absolute Gasteiger partial charge is 0.426 e. The van der Waals surface area contributed by atoms with Gasteiger partial charge in [-0.3, -0.25) is 0 Å². The fourth-order valence-electron chi connectivity index (χ4n) is 3.53. The van der Waals surface area contributed by atoms with Crippen molar-refractivity contribution in [3.63, 3.8) is 0 Å². The monoisotopic (exact) mass is 604 g/mol. The number of hydrogen-bond donors (Lipinski definition) is 0. The summed E-state index contributed by atoms with van der Waals surface area (Å²) < 4.78 is 118. The third-order valence-corrected chi connectivity index (χ3v) is 5.83. The Balaban J connectivity index is 0.000000236. The SMILES string of the molecule is CCc1ccc(C(F)(F)Oc2cc(F)c(C#N)c(F)c2)cc1.Cc1ccc(C(F)(F)Oc2cc(F)c(C#N)c(F)c2)cc1. The zero-order valence-electron chi connectivity index (χ0n) is 22.4. The molecule has 222 valence electrons. The molecule has 12 heteroatoms. The van der Waals surface area contributed by atoms with Gasteiger partial charge in [-0.25, -0.2) is 17.6 Å². The first-order valence-corrected chi connectivity index (χ1v) is 12.3. The zero-order valence-corrected chi connectivity index (χ0v) is 22.4. The van der Waals surface area contributed by atoms with Crippen LogP contribution in [0.4, 0.5) is 35.1 Å². The quantitative estimate of drug-likeness (QED) is 0.198. The molecule has 4 nitrogen and oxygen atoms in total. The molecule has 0 unspecified atom stereocenters. The summed E-state index contributed by atoms with van der Waals surface area (Å²) in [6.07, 6.45) is -6.81. The van der Waals surface area contributed by atoms with Crippen molar-refractivity contribution >= 4 is 0 Å². The Bertz CT molecular complexity index is 1630. The van der Waals surface area contributed by atoms with E-state index in [-0.39, 0.29) is 0 Å². The van der Waals surface area contributed by atoms with Crippen molar-refractivity contribution in [1.82, 2.24) is 0 Å². The van der Waals surface area contributed by atoms with Gasteiger partial charge in [0.05, 0.1) is 11.1 Å². The Kier molecular flexibility index (Phi) is 9.99. The highest BCUT2D eigenvalue weighted by atomic mass is 19.3. The van der Waals surface area contributed by atoms with Crippen molar-refractivity contribution in [1.29, 1.82) is 10.5 Å². The molecule has 0 saturated carbocycles. The van der Waals surface area contributed by atoms with Crippen LogP contribution in [0.3, 0.4) is 0 Å². The van der Waals surface area contributed by atoms with E-state index in [0.29, 0.717) is 30.7 Å². The summed E-state index contributed by atoms with van der Waals surface area (Å²) in [6.45, 7) is 3.61. The van der Waals surface area contributed by atoms with Crippen molar-refractivity contribution < 1.29 is 44.6 Å². The first-order valence-electron chi connectivity index (χ1n) is 12.3. The highest BCUT2D eigenvalue weighted by molar-refractivity contribution is 5.39. The van der Waals surface area contributed by atoms with Crippen LogP contribution in [0.5, 0.6) is 11.5 Å². The molecule has 0 atom stereocenters. The molecule has 0 aromatic heterocycles. The van der Waals surface area contributed by atoms with Gasteiger partial charge < -0.3 is 9.47 Å². The first-order chi connectivity index (χ1) is 20.2. The van der Waals surface area contributed by atoms with Gasteiger partial charge in [-0.15, -0.1) is 0 Å². The van der Waals surface area contributed by atoms with E-state index in [0.717, 1.165) is 23.3 Å². The Morgan fingerprint density at radius 3 is 1.23 bits per heavy atom. The van der Waals surface area contributed by atoms with Gasteiger partial charge in [-0.2, -0.15) is 28.1 Å². The van der Waals surface area contributed by atoms with E-state index in [1.165, 1.54) is 48.5 Å². The van der Waals surface area contributed by atoms with E-state index < -0.39 is 69.2 Å². The predicted molar refractivity (Wildman–Crippen MR) is 138 cm³/mol. The summed E-state index contributed by atoms with van der Waals surface area (Å²) in [4.78, 5) is 0. The van der Waals surface area contributed by atoms with Gasteiger partial charge in [0.1, 0.15) is 58.0 Å². The van der Waals surface area contributed by atoms with Gasteiger partial charge in [-0.1, -0.05) is 36.8 Å². The maximum absolute atomic E-state index is 14.0. The minimum atomic E-state index is -3.75. The molecule has 0 aliphatic rings. The lowest BCUT2D eigenvalue weighted by atomic mass is 10.1. The van der Waals surface area contributed by atoms with Crippen molar-refractivity contribution in [2.24, 2.45) is 0 Å². The zero-order chi connectivity index (χ0) is 31.9. The minimum absolute atomic E-state index is 0.435.